The van der Waals surface area contributed by atoms with Crippen LogP contribution in [-0.4, -0.2) is 33.3 Å². The summed E-state index contributed by atoms with van der Waals surface area (Å²) in [5.74, 6) is -0.131. The summed E-state index contributed by atoms with van der Waals surface area (Å²) in [6.45, 7) is 2.62. The molecule has 8 heteroatoms. The second-order valence-electron chi connectivity index (χ2n) is 7.03. The lowest BCUT2D eigenvalue weighted by molar-refractivity contribution is -0.0663. The Bertz CT molecular complexity index is 931. The number of halogens is 2. The Morgan fingerprint density at radius 1 is 1.14 bits per heavy atom. The number of nitrogens with one attached hydrogen (secondary N) is 1. The van der Waals surface area contributed by atoms with Gasteiger partial charge in [0.05, 0.1) is 5.02 Å². The van der Waals surface area contributed by atoms with Crippen LogP contribution in [0.2, 0.25) is 10.0 Å². The normalized spacial score (nSPS) is 18.0. The summed E-state index contributed by atoms with van der Waals surface area (Å²) in [4.78, 5) is -0.0570. The molecule has 1 aliphatic rings. The smallest absolute Gasteiger partial charge is 0.242 e. The predicted molar refractivity (Wildman–Crippen MR) is 110 cm³/mol. The first-order chi connectivity index (χ1) is 13.2. The minimum Gasteiger partial charge on any atom is -0.383 e. The number of aryl methyl sites for hydroxylation is 1. The molecule has 2 aromatic rings. The van der Waals surface area contributed by atoms with E-state index in [0.717, 1.165) is 0 Å². The van der Waals surface area contributed by atoms with E-state index in [9.17, 15) is 13.5 Å². The van der Waals surface area contributed by atoms with Gasteiger partial charge in [-0.2, -0.15) is 0 Å². The number of rotatable bonds is 6. The van der Waals surface area contributed by atoms with Crippen molar-refractivity contribution in [3.05, 3.63) is 63.6 Å². The maximum Gasteiger partial charge on any atom is 0.242 e. The largest absolute Gasteiger partial charge is 0.383 e. The van der Waals surface area contributed by atoms with Gasteiger partial charge < -0.3 is 9.84 Å². The lowest BCUT2D eigenvalue weighted by Gasteiger charge is -2.39. The zero-order chi connectivity index (χ0) is 20.4. The maximum absolute atomic E-state index is 12.9. The third-order valence-corrected chi connectivity index (χ3v) is 7.48. The number of aliphatic hydroxyl groups is 1. The Labute approximate surface area is 175 Å². The van der Waals surface area contributed by atoms with Crippen molar-refractivity contribution in [1.29, 1.82) is 0 Å². The molecule has 0 unspecified atom stereocenters. The van der Waals surface area contributed by atoms with Crippen LogP contribution >= 0.6 is 23.2 Å². The van der Waals surface area contributed by atoms with Crippen molar-refractivity contribution in [2.45, 2.75) is 30.3 Å². The third kappa shape index (κ3) is 4.53. The topological polar surface area (TPSA) is 75.6 Å². The molecule has 0 spiro atoms. The molecule has 0 amide bonds. The maximum atomic E-state index is 12.9. The van der Waals surface area contributed by atoms with Crippen LogP contribution in [0, 0.1) is 12.8 Å². The van der Waals surface area contributed by atoms with Crippen molar-refractivity contribution in [2.75, 3.05) is 19.8 Å². The molecule has 2 N–H and O–H groups in total. The van der Waals surface area contributed by atoms with Gasteiger partial charge in [0.25, 0.3) is 0 Å². The van der Waals surface area contributed by atoms with Gasteiger partial charge in [-0.05, 0) is 48.9 Å². The van der Waals surface area contributed by atoms with Crippen LogP contribution in [0.1, 0.15) is 24.0 Å². The van der Waals surface area contributed by atoms with Crippen molar-refractivity contribution >= 4 is 33.2 Å². The summed E-state index contributed by atoms with van der Waals surface area (Å²) in [6, 6.07) is 12.0. The van der Waals surface area contributed by atoms with E-state index in [2.05, 4.69) is 4.72 Å². The summed E-state index contributed by atoms with van der Waals surface area (Å²) in [6.07, 6.45) is 1.29. The van der Waals surface area contributed by atoms with E-state index in [4.69, 9.17) is 27.9 Å². The van der Waals surface area contributed by atoms with Gasteiger partial charge in [-0.1, -0.05) is 53.5 Å². The molecule has 0 bridgehead atoms. The van der Waals surface area contributed by atoms with Crippen LogP contribution in [-0.2, 0) is 20.4 Å². The van der Waals surface area contributed by atoms with Crippen LogP contribution in [0.4, 0.5) is 0 Å². The fourth-order valence-electron chi connectivity index (χ4n) is 3.50. The minimum absolute atomic E-state index is 0.0393. The predicted octanol–water partition coefficient (Wildman–Crippen LogP) is 3.89. The third-order valence-electron chi connectivity index (χ3n) is 5.20. The first-order valence-corrected chi connectivity index (χ1v) is 11.3. The Morgan fingerprint density at radius 3 is 2.43 bits per heavy atom. The molecule has 2 aromatic carbocycles. The first kappa shape index (κ1) is 21.6. The molecular weight excluding hydrogens is 421 g/mol. The Hall–Kier alpha value is -1.15. The van der Waals surface area contributed by atoms with E-state index < -0.39 is 15.6 Å². The van der Waals surface area contributed by atoms with Crippen LogP contribution < -0.4 is 4.72 Å². The van der Waals surface area contributed by atoms with E-state index >= 15 is 0 Å². The van der Waals surface area contributed by atoms with Crippen molar-refractivity contribution in [1.82, 2.24) is 4.72 Å². The van der Waals surface area contributed by atoms with Gasteiger partial charge in [0, 0.05) is 24.8 Å². The fraction of sp³-hybridized carbons (Fsp3) is 0.400. The number of benzene rings is 2. The molecule has 0 aliphatic carbocycles. The summed E-state index contributed by atoms with van der Waals surface area (Å²) in [5.41, 5.74) is -0.0799. The lowest BCUT2D eigenvalue weighted by Crippen LogP contribution is -2.47. The highest BCUT2D eigenvalue weighted by Crippen LogP contribution is 2.36. The molecule has 1 saturated heterocycles. The van der Waals surface area contributed by atoms with Gasteiger partial charge in [0.1, 0.15) is 10.5 Å². The van der Waals surface area contributed by atoms with Crippen molar-refractivity contribution < 1.29 is 18.3 Å². The molecule has 152 valence electrons. The fourth-order valence-corrected chi connectivity index (χ4v) is 5.40. The highest BCUT2D eigenvalue weighted by molar-refractivity contribution is 7.89. The van der Waals surface area contributed by atoms with Crippen LogP contribution in [0.5, 0.6) is 0 Å². The zero-order valence-electron chi connectivity index (χ0n) is 15.5. The summed E-state index contributed by atoms with van der Waals surface area (Å²) < 4.78 is 33.8. The monoisotopic (exact) mass is 443 g/mol. The second-order valence-corrected chi connectivity index (χ2v) is 9.58. The quantitative estimate of drug-likeness (QED) is 0.709. The van der Waals surface area contributed by atoms with E-state index in [0.29, 0.717) is 42.2 Å². The van der Waals surface area contributed by atoms with Crippen LogP contribution in [0.25, 0.3) is 0 Å². The Morgan fingerprint density at radius 2 is 1.79 bits per heavy atom. The molecule has 1 aliphatic heterocycles. The molecule has 0 saturated carbocycles. The van der Waals surface area contributed by atoms with Gasteiger partial charge in [-0.25, -0.2) is 13.1 Å². The number of sulfonamides is 1. The van der Waals surface area contributed by atoms with Crippen molar-refractivity contribution in [3.8, 4) is 0 Å². The highest BCUT2D eigenvalue weighted by atomic mass is 35.5. The SMILES string of the molecule is Cc1cc(S(=O)(=O)NC[C@](O)(c2ccccc2)C2CCOCC2)c(Cl)cc1Cl. The summed E-state index contributed by atoms with van der Waals surface area (Å²) in [7, 11) is -3.94. The van der Waals surface area contributed by atoms with Gasteiger partial charge in [-0.3, -0.25) is 0 Å². The molecule has 1 atom stereocenters. The minimum atomic E-state index is -3.94. The first-order valence-electron chi connectivity index (χ1n) is 9.05. The van der Waals surface area contributed by atoms with E-state index in [1.807, 2.05) is 30.3 Å². The molecule has 1 heterocycles. The van der Waals surface area contributed by atoms with Crippen molar-refractivity contribution in [2.24, 2.45) is 5.92 Å². The van der Waals surface area contributed by atoms with Gasteiger partial charge in [-0.15, -0.1) is 0 Å². The molecule has 3 rings (SSSR count). The number of hydrogen-bond acceptors (Lipinski definition) is 4. The van der Waals surface area contributed by atoms with Gasteiger partial charge in [0.15, 0.2) is 0 Å². The van der Waals surface area contributed by atoms with Crippen LogP contribution in [0.15, 0.2) is 47.4 Å². The molecule has 0 radical (unpaired) electrons. The zero-order valence-corrected chi connectivity index (χ0v) is 17.8. The standard InChI is InChI=1S/C20H23Cl2NO4S/c1-14-11-19(18(22)12-17(14)21)28(25,26)23-13-20(24,15-5-3-2-4-6-15)16-7-9-27-10-8-16/h2-6,11-12,16,23-24H,7-10,13H2,1H3/t20-/m0/s1. The Balaban J connectivity index is 1.90. The number of hydrogen-bond donors (Lipinski definition) is 2. The molecule has 5 nitrogen and oxygen atoms in total. The number of ether oxygens (including phenoxy) is 1. The molecule has 1 fully saturated rings. The average molecular weight is 444 g/mol. The lowest BCUT2D eigenvalue weighted by atomic mass is 9.77. The molecule has 28 heavy (non-hydrogen) atoms. The highest BCUT2D eigenvalue weighted by Gasteiger charge is 2.40. The van der Waals surface area contributed by atoms with Crippen molar-refractivity contribution in [3.63, 3.8) is 0 Å². The van der Waals surface area contributed by atoms with Gasteiger partial charge in [0.2, 0.25) is 10.0 Å². The van der Waals surface area contributed by atoms with Gasteiger partial charge >= 0.3 is 0 Å². The summed E-state index contributed by atoms with van der Waals surface area (Å²) >= 11 is 12.1. The Kier molecular flexibility index (Phi) is 6.69. The average Bonchev–Trinajstić information content (AvgIpc) is 2.70. The van der Waals surface area contributed by atoms with E-state index in [1.165, 1.54) is 12.1 Å². The molecular formula is C20H23Cl2NO4S. The van der Waals surface area contributed by atoms with Crippen LogP contribution in [0.3, 0.4) is 0 Å². The van der Waals surface area contributed by atoms with E-state index in [-0.39, 0.29) is 22.4 Å². The van der Waals surface area contributed by atoms with E-state index in [1.54, 1.807) is 6.92 Å². The summed E-state index contributed by atoms with van der Waals surface area (Å²) in [5, 5.41) is 12.0. The molecule has 0 aromatic heterocycles. The second kappa shape index (κ2) is 8.69.